The Morgan fingerprint density at radius 1 is 1.44 bits per heavy atom. The molecule has 0 fully saturated rings. The highest BCUT2D eigenvalue weighted by atomic mass is 16.4. The first-order valence-electron chi connectivity index (χ1n) is 5.50. The molecule has 0 heterocycles. The largest absolute Gasteiger partial charge is 0.548 e. The van der Waals surface area contributed by atoms with Gasteiger partial charge in [0.05, 0.1) is 12.5 Å². The summed E-state index contributed by atoms with van der Waals surface area (Å²) in [6, 6.07) is 6.44. The minimum Gasteiger partial charge on any atom is -0.548 e. The third kappa shape index (κ3) is 4.29. The molecule has 0 aliphatic heterocycles. The van der Waals surface area contributed by atoms with E-state index in [1.807, 2.05) is 0 Å². The van der Waals surface area contributed by atoms with Gasteiger partial charge in [-0.25, -0.2) is 0 Å². The number of carbonyl (C=O) groups is 2. The van der Waals surface area contributed by atoms with Crippen molar-refractivity contribution in [2.24, 2.45) is 0 Å². The Bertz CT molecular complexity index is 480. The maximum absolute atomic E-state index is 11.6. The lowest BCUT2D eigenvalue weighted by Crippen LogP contribution is -2.38. The molecule has 1 rings (SSSR count). The Hall–Kier alpha value is -2.30. The van der Waals surface area contributed by atoms with E-state index in [0.717, 1.165) is 0 Å². The minimum atomic E-state index is -1.34. The van der Waals surface area contributed by atoms with Gasteiger partial charge in [0.2, 0.25) is 5.91 Å². The van der Waals surface area contributed by atoms with Crippen LogP contribution >= 0.6 is 0 Å². The lowest BCUT2D eigenvalue weighted by molar-refractivity contribution is -0.303. The molecular weight excluding hydrogens is 234 g/mol. The van der Waals surface area contributed by atoms with Gasteiger partial charge in [-0.05, 0) is 30.2 Å². The second-order valence-electron chi connectivity index (χ2n) is 3.67. The Balaban J connectivity index is 2.82. The summed E-state index contributed by atoms with van der Waals surface area (Å²) in [4.78, 5) is 21.9. The molecule has 0 bridgehead atoms. The van der Waals surface area contributed by atoms with Crippen molar-refractivity contribution in [3.63, 3.8) is 0 Å². The van der Waals surface area contributed by atoms with Crippen molar-refractivity contribution in [2.75, 3.05) is 6.54 Å². The average molecular weight is 248 g/mol. The van der Waals surface area contributed by atoms with Crippen LogP contribution in [0.2, 0.25) is 0 Å². The summed E-state index contributed by atoms with van der Waals surface area (Å²) in [6.45, 7) is 1.27. The maximum Gasteiger partial charge on any atom is 0.247 e. The van der Waals surface area contributed by atoms with E-state index in [4.69, 9.17) is 0 Å². The van der Waals surface area contributed by atoms with Crippen molar-refractivity contribution in [3.8, 4) is 5.75 Å². The molecule has 5 heteroatoms. The number of rotatable bonds is 5. The van der Waals surface area contributed by atoms with Crippen LogP contribution in [0, 0.1) is 0 Å². The number of phenolic OH excluding ortho intramolecular Hbond substituents is 1. The molecule has 1 aromatic carbocycles. The van der Waals surface area contributed by atoms with Crippen LogP contribution < -0.4 is 10.4 Å². The molecule has 0 saturated heterocycles. The number of nitrogens with one attached hydrogen (secondary N) is 1. The Kier molecular flexibility index (Phi) is 4.92. The van der Waals surface area contributed by atoms with Gasteiger partial charge in [0.15, 0.2) is 0 Å². The summed E-state index contributed by atoms with van der Waals surface area (Å²) in [5.41, 5.74) is 1.11. The van der Waals surface area contributed by atoms with Gasteiger partial charge in [0, 0.05) is 5.57 Å². The van der Waals surface area contributed by atoms with Gasteiger partial charge in [-0.1, -0.05) is 19.1 Å². The molecule has 0 unspecified atom stereocenters. The summed E-state index contributed by atoms with van der Waals surface area (Å²) >= 11 is 0. The van der Waals surface area contributed by atoms with Crippen LogP contribution in [-0.2, 0) is 9.59 Å². The van der Waals surface area contributed by atoms with E-state index in [1.165, 1.54) is 12.1 Å². The summed E-state index contributed by atoms with van der Waals surface area (Å²) < 4.78 is 0. The van der Waals surface area contributed by atoms with Crippen LogP contribution in [0.5, 0.6) is 5.75 Å². The van der Waals surface area contributed by atoms with Gasteiger partial charge < -0.3 is 20.3 Å². The Labute approximate surface area is 105 Å². The number of aliphatic carboxylic acids is 1. The fourth-order valence-electron chi connectivity index (χ4n) is 1.41. The van der Waals surface area contributed by atoms with Gasteiger partial charge in [0.25, 0.3) is 0 Å². The van der Waals surface area contributed by atoms with E-state index in [2.05, 4.69) is 5.32 Å². The van der Waals surface area contributed by atoms with Crippen molar-refractivity contribution in [3.05, 3.63) is 35.4 Å². The van der Waals surface area contributed by atoms with E-state index in [-0.39, 0.29) is 5.75 Å². The molecular formula is C13H14NO4-. The zero-order valence-electron chi connectivity index (χ0n) is 9.97. The number of aromatic hydroxyl groups is 1. The van der Waals surface area contributed by atoms with E-state index in [9.17, 15) is 19.8 Å². The van der Waals surface area contributed by atoms with Gasteiger partial charge in [0.1, 0.15) is 5.75 Å². The third-order valence-electron chi connectivity index (χ3n) is 2.28. The van der Waals surface area contributed by atoms with E-state index in [1.54, 1.807) is 25.1 Å². The number of amides is 1. The van der Waals surface area contributed by atoms with Gasteiger partial charge in [-0.15, -0.1) is 0 Å². The molecule has 2 N–H and O–H groups in total. The summed E-state index contributed by atoms with van der Waals surface area (Å²) in [7, 11) is 0. The van der Waals surface area contributed by atoms with Gasteiger partial charge in [-0.2, -0.15) is 0 Å². The highest BCUT2D eigenvalue weighted by molar-refractivity contribution is 5.98. The zero-order valence-corrected chi connectivity index (χ0v) is 9.97. The molecule has 0 aliphatic carbocycles. The second kappa shape index (κ2) is 6.44. The molecule has 0 aliphatic rings. The van der Waals surface area contributed by atoms with Crippen LogP contribution in [0.15, 0.2) is 29.8 Å². The molecule has 5 nitrogen and oxygen atoms in total. The molecule has 18 heavy (non-hydrogen) atoms. The second-order valence-corrected chi connectivity index (χ2v) is 3.67. The third-order valence-corrected chi connectivity index (χ3v) is 2.28. The molecule has 1 aromatic rings. The smallest absolute Gasteiger partial charge is 0.247 e. The fraction of sp³-hybridized carbons (Fsp3) is 0.231. The van der Waals surface area contributed by atoms with Crippen molar-refractivity contribution in [2.45, 2.75) is 13.3 Å². The quantitative estimate of drug-likeness (QED) is 0.720. The first-order valence-corrected chi connectivity index (χ1v) is 5.50. The van der Waals surface area contributed by atoms with E-state index in [0.29, 0.717) is 17.6 Å². The van der Waals surface area contributed by atoms with Gasteiger partial charge in [-0.3, -0.25) is 4.79 Å². The predicted molar refractivity (Wildman–Crippen MR) is 64.4 cm³/mol. The number of hydrogen-bond acceptors (Lipinski definition) is 4. The van der Waals surface area contributed by atoms with Crippen LogP contribution in [0.25, 0.3) is 6.08 Å². The van der Waals surface area contributed by atoms with Crippen molar-refractivity contribution in [1.29, 1.82) is 0 Å². The molecule has 0 spiro atoms. The minimum absolute atomic E-state index is 0.106. The molecule has 1 amide bonds. The molecule has 0 aromatic heterocycles. The average Bonchev–Trinajstić information content (AvgIpc) is 2.33. The zero-order chi connectivity index (χ0) is 13.5. The summed E-state index contributed by atoms with van der Waals surface area (Å²) in [6.07, 6.45) is 2.05. The first kappa shape index (κ1) is 13.8. The normalized spacial score (nSPS) is 11.1. The van der Waals surface area contributed by atoms with Crippen molar-refractivity contribution >= 4 is 18.0 Å². The number of carboxylic acids is 1. The number of carbonyl (C=O) groups excluding carboxylic acids is 2. The molecule has 96 valence electrons. The Morgan fingerprint density at radius 3 is 2.72 bits per heavy atom. The first-order chi connectivity index (χ1) is 8.52. The number of hydrogen-bond donors (Lipinski definition) is 2. The van der Waals surface area contributed by atoms with Crippen molar-refractivity contribution in [1.82, 2.24) is 5.32 Å². The standard InChI is InChI=1S/C13H15NO4/c1-2-10(13(18)14-8-12(16)17)6-9-4-3-5-11(15)7-9/h3-7,15H,2,8H2,1H3,(H,14,18)(H,16,17)/p-1/b10-6+. The summed E-state index contributed by atoms with van der Waals surface area (Å²) in [5.74, 6) is -1.68. The van der Waals surface area contributed by atoms with Crippen LogP contribution in [0.1, 0.15) is 18.9 Å². The molecule has 0 saturated carbocycles. The van der Waals surface area contributed by atoms with Crippen LogP contribution in [0.3, 0.4) is 0 Å². The number of benzene rings is 1. The van der Waals surface area contributed by atoms with Gasteiger partial charge >= 0.3 is 0 Å². The van der Waals surface area contributed by atoms with E-state index >= 15 is 0 Å². The maximum atomic E-state index is 11.6. The predicted octanol–water partition coefficient (Wildman–Crippen LogP) is 0.0517. The van der Waals surface area contributed by atoms with E-state index < -0.39 is 18.4 Å². The monoisotopic (exact) mass is 248 g/mol. The van der Waals surface area contributed by atoms with Crippen LogP contribution in [-0.4, -0.2) is 23.5 Å². The van der Waals surface area contributed by atoms with Crippen LogP contribution in [0.4, 0.5) is 0 Å². The highest BCUT2D eigenvalue weighted by Gasteiger charge is 2.06. The Morgan fingerprint density at radius 2 is 2.17 bits per heavy atom. The lowest BCUT2D eigenvalue weighted by Gasteiger charge is -2.08. The topological polar surface area (TPSA) is 89.5 Å². The SMILES string of the molecule is CC/C(=C\c1cccc(O)c1)C(=O)NCC(=O)[O-]. The lowest BCUT2D eigenvalue weighted by atomic mass is 10.1. The summed E-state index contributed by atoms with van der Waals surface area (Å²) in [5, 5.41) is 21.8. The molecule has 0 radical (unpaired) electrons. The fourth-order valence-corrected chi connectivity index (χ4v) is 1.41. The highest BCUT2D eigenvalue weighted by Crippen LogP contribution is 2.15. The number of carboxylic acid groups (broad SMARTS) is 1. The van der Waals surface area contributed by atoms with Crippen molar-refractivity contribution < 1.29 is 19.8 Å². The number of phenols is 1. The molecule has 0 atom stereocenters.